The molecule has 0 aliphatic carbocycles. The maximum Gasteiger partial charge on any atom is 0.280 e. The van der Waals surface area contributed by atoms with E-state index in [0.717, 1.165) is 17.7 Å². The Morgan fingerprint density at radius 3 is 2.54 bits per heavy atom. The lowest BCUT2D eigenvalue weighted by molar-refractivity contribution is -0.142. The summed E-state index contributed by atoms with van der Waals surface area (Å²) in [5.41, 5.74) is 7.34. The van der Waals surface area contributed by atoms with E-state index in [1.807, 2.05) is 6.07 Å². The summed E-state index contributed by atoms with van der Waals surface area (Å²) in [5.74, 6) is -2.39. The molecule has 26 heavy (non-hydrogen) atoms. The van der Waals surface area contributed by atoms with Crippen LogP contribution in [0.15, 0.2) is 30.5 Å². The van der Waals surface area contributed by atoms with Crippen molar-refractivity contribution >= 4 is 28.8 Å². The van der Waals surface area contributed by atoms with Gasteiger partial charge in [-0.3, -0.25) is 24.3 Å². The summed E-state index contributed by atoms with van der Waals surface area (Å²) in [6.45, 7) is 1.29. The minimum absolute atomic E-state index is 0.0103. The van der Waals surface area contributed by atoms with E-state index in [1.54, 1.807) is 23.1 Å². The second-order valence-corrected chi connectivity index (χ2v) is 6.67. The molecule has 8 nitrogen and oxygen atoms in total. The number of benzene rings is 1. The molecular weight excluding hydrogens is 334 g/mol. The molecule has 2 aromatic rings. The predicted molar refractivity (Wildman–Crippen MR) is 92.9 cm³/mol. The van der Waals surface area contributed by atoms with Gasteiger partial charge in [-0.2, -0.15) is 0 Å². The van der Waals surface area contributed by atoms with Gasteiger partial charge in [-0.25, -0.2) is 4.98 Å². The third-order valence-corrected chi connectivity index (χ3v) is 4.95. The SMILES string of the molecule is N[C@H]1CN(C(=O)c2cnc3ccccc3n2)C(=O)[C@H]1C(=O)N1CCCC1. The van der Waals surface area contributed by atoms with Crippen LogP contribution in [0.5, 0.6) is 0 Å². The lowest BCUT2D eigenvalue weighted by atomic mass is 10.0. The van der Waals surface area contributed by atoms with Gasteiger partial charge in [0, 0.05) is 25.7 Å². The first-order valence-corrected chi connectivity index (χ1v) is 8.68. The quantitative estimate of drug-likeness (QED) is 0.609. The predicted octanol–water partition coefficient (Wildman–Crippen LogP) is 0.178. The summed E-state index contributed by atoms with van der Waals surface area (Å²) in [6, 6.07) is 6.46. The molecule has 134 valence electrons. The van der Waals surface area contributed by atoms with Crippen LogP contribution in [0, 0.1) is 5.92 Å². The van der Waals surface area contributed by atoms with Gasteiger partial charge in [-0.1, -0.05) is 12.1 Å². The molecule has 8 heteroatoms. The Balaban J connectivity index is 1.57. The van der Waals surface area contributed by atoms with Gasteiger partial charge in [0.25, 0.3) is 5.91 Å². The zero-order valence-electron chi connectivity index (χ0n) is 14.2. The summed E-state index contributed by atoms with van der Waals surface area (Å²) in [6.07, 6.45) is 3.20. The zero-order chi connectivity index (χ0) is 18.3. The normalized spacial score (nSPS) is 23.0. The van der Waals surface area contributed by atoms with Crippen molar-refractivity contribution < 1.29 is 14.4 Å². The molecule has 0 saturated carbocycles. The molecule has 2 atom stereocenters. The lowest BCUT2D eigenvalue weighted by Gasteiger charge is -2.20. The van der Waals surface area contributed by atoms with Crippen LogP contribution in [0.25, 0.3) is 11.0 Å². The molecule has 2 saturated heterocycles. The fourth-order valence-electron chi connectivity index (χ4n) is 3.56. The molecule has 0 spiro atoms. The molecular formula is C18H19N5O3. The molecule has 2 N–H and O–H groups in total. The second-order valence-electron chi connectivity index (χ2n) is 6.67. The Hall–Kier alpha value is -2.87. The van der Waals surface area contributed by atoms with Gasteiger partial charge in [-0.05, 0) is 25.0 Å². The molecule has 1 aromatic heterocycles. The number of nitrogens with two attached hydrogens (primary N) is 1. The van der Waals surface area contributed by atoms with Crippen molar-refractivity contribution in [1.29, 1.82) is 0 Å². The van der Waals surface area contributed by atoms with E-state index >= 15 is 0 Å². The van der Waals surface area contributed by atoms with E-state index in [9.17, 15) is 14.4 Å². The first kappa shape index (κ1) is 16.6. The number of imide groups is 1. The molecule has 1 aromatic carbocycles. The van der Waals surface area contributed by atoms with E-state index in [0.29, 0.717) is 24.1 Å². The Morgan fingerprint density at radius 1 is 1.12 bits per heavy atom. The molecule has 2 fully saturated rings. The number of hydrogen-bond donors (Lipinski definition) is 1. The van der Waals surface area contributed by atoms with Crippen molar-refractivity contribution in [2.45, 2.75) is 18.9 Å². The van der Waals surface area contributed by atoms with Crippen LogP contribution in [0.2, 0.25) is 0 Å². The van der Waals surface area contributed by atoms with E-state index in [4.69, 9.17) is 5.73 Å². The maximum absolute atomic E-state index is 12.8. The van der Waals surface area contributed by atoms with Crippen molar-refractivity contribution in [1.82, 2.24) is 19.8 Å². The first-order chi connectivity index (χ1) is 12.6. The maximum atomic E-state index is 12.8. The largest absolute Gasteiger partial charge is 0.342 e. The number of rotatable bonds is 2. The van der Waals surface area contributed by atoms with Crippen LogP contribution < -0.4 is 5.73 Å². The minimum Gasteiger partial charge on any atom is -0.342 e. The summed E-state index contributed by atoms with van der Waals surface area (Å²) in [7, 11) is 0. The number of likely N-dealkylation sites (tertiary alicyclic amines) is 2. The fraction of sp³-hybridized carbons (Fsp3) is 0.389. The summed E-state index contributed by atoms with van der Waals surface area (Å²) in [4.78, 5) is 49.3. The van der Waals surface area contributed by atoms with E-state index in [-0.39, 0.29) is 18.1 Å². The van der Waals surface area contributed by atoms with Crippen LogP contribution in [-0.2, 0) is 9.59 Å². The smallest absolute Gasteiger partial charge is 0.280 e. The lowest BCUT2D eigenvalue weighted by Crippen LogP contribution is -2.44. The van der Waals surface area contributed by atoms with Gasteiger partial charge in [-0.15, -0.1) is 0 Å². The van der Waals surface area contributed by atoms with Crippen molar-refractivity contribution in [2.75, 3.05) is 19.6 Å². The van der Waals surface area contributed by atoms with Gasteiger partial charge >= 0.3 is 0 Å². The number of aromatic nitrogens is 2. The topological polar surface area (TPSA) is 109 Å². The Kier molecular flexibility index (Phi) is 4.12. The van der Waals surface area contributed by atoms with Crippen LogP contribution >= 0.6 is 0 Å². The highest BCUT2D eigenvalue weighted by atomic mass is 16.2. The number of carbonyl (C=O) groups excluding carboxylic acids is 3. The molecule has 0 bridgehead atoms. The monoisotopic (exact) mass is 353 g/mol. The van der Waals surface area contributed by atoms with Crippen molar-refractivity contribution in [3.05, 3.63) is 36.2 Å². The van der Waals surface area contributed by atoms with Crippen LogP contribution in [0.1, 0.15) is 23.3 Å². The number of fused-ring (bicyclic) bond motifs is 1. The molecule has 2 aliphatic heterocycles. The van der Waals surface area contributed by atoms with E-state index in [1.165, 1.54) is 6.20 Å². The first-order valence-electron chi connectivity index (χ1n) is 8.68. The van der Waals surface area contributed by atoms with Gasteiger partial charge in [0.2, 0.25) is 11.8 Å². The van der Waals surface area contributed by atoms with Crippen molar-refractivity contribution in [3.63, 3.8) is 0 Å². The number of amides is 3. The van der Waals surface area contributed by atoms with E-state index < -0.39 is 23.8 Å². The third-order valence-electron chi connectivity index (χ3n) is 4.95. The zero-order valence-corrected chi connectivity index (χ0v) is 14.2. The van der Waals surface area contributed by atoms with Crippen molar-refractivity contribution in [2.24, 2.45) is 11.7 Å². The summed E-state index contributed by atoms with van der Waals surface area (Å²) in [5, 5.41) is 0. The van der Waals surface area contributed by atoms with Crippen LogP contribution in [0.3, 0.4) is 0 Å². The van der Waals surface area contributed by atoms with Crippen molar-refractivity contribution in [3.8, 4) is 0 Å². The highest BCUT2D eigenvalue weighted by Gasteiger charge is 2.47. The Bertz CT molecular complexity index is 893. The number of para-hydroxylation sites is 2. The number of carbonyl (C=O) groups is 3. The van der Waals surface area contributed by atoms with Gasteiger partial charge in [0.15, 0.2) is 0 Å². The molecule has 4 rings (SSSR count). The average Bonchev–Trinajstić information content (AvgIpc) is 3.29. The highest BCUT2D eigenvalue weighted by molar-refractivity contribution is 6.12. The number of hydrogen-bond acceptors (Lipinski definition) is 6. The van der Waals surface area contributed by atoms with Crippen LogP contribution in [-0.4, -0.2) is 63.2 Å². The van der Waals surface area contributed by atoms with Crippen LogP contribution in [0.4, 0.5) is 0 Å². The van der Waals surface area contributed by atoms with Gasteiger partial charge in [0.1, 0.15) is 11.6 Å². The Labute approximate surface area is 150 Å². The van der Waals surface area contributed by atoms with Gasteiger partial charge < -0.3 is 10.6 Å². The molecule has 3 amide bonds. The average molecular weight is 353 g/mol. The minimum atomic E-state index is -0.995. The Morgan fingerprint density at radius 2 is 1.81 bits per heavy atom. The molecule has 3 heterocycles. The molecule has 0 unspecified atom stereocenters. The standard InChI is InChI=1S/C18H19N5O3/c19-11-10-23(18(26)15(11)17(25)22-7-3-4-8-22)16(24)14-9-20-12-5-1-2-6-13(12)21-14/h1-2,5-6,9,11,15H,3-4,7-8,10,19H2/t11-,15+/m0/s1. The van der Waals surface area contributed by atoms with Gasteiger partial charge in [0.05, 0.1) is 17.2 Å². The summed E-state index contributed by atoms with van der Waals surface area (Å²) >= 11 is 0. The fourth-order valence-corrected chi connectivity index (χ4v) is 3.56. The molecule has 0 radical (unpaired) electrons. The molecule has 2 aliphatic rings. The second kappa shape index (κ2) is 6.45. The number of nitrogens with zero attached hydrogens (tertiary/aromatic N) is 4. The highest BCUT2D eigenvalue weighted by Crippen LogP contribution is 2.23. The van der Waals surface area contributed by atoms with E-state index in [2.05, 4.69) is 9.97 Å². The third kappa shape index (κ3) is 2.72. The summed E-state index contributed by atoms with van der Waals surface area (Å²) < 4.78 is 0.